The van der Waals surface area contributed by atoms with E-state index in [9.17, 15) is 8.42 Å². The molecule has 6 heteroatoms. The van der Waals surface area contributed by atoms with Crippen molar-refractivity contribution in [3.63, 3.8) is 0 Å². The average molecular weight is 305 g/mol. The molecular weight excluding hydrogens is 284 g/mol. The molecule has 0 aliphatic rings. The van der Waals surface area contributed by atoms with Crippen LogP contribution >= 0.6 is 11.6 Å². The Kier molecular flexibility index (Phi) is 6.10. The van der Waals surface area contributed by atoms with Crippen molar-refractivity contribution >= 4 is 27.3 Å². The van der Waals surface area contributed by atoms with E-state index in [1.54, 1.807) is 6.07 Å². The highest BCUT2D eigenvalue weighted by Gasteiger charge is 2.22. The molecule has 0 bridgehead atoms. The third-order valence-electron chi connectivity index (χ3n) is 2.86. The number of nitrogen functional groups attached to an aromatic ring is 1. The van der Waals surface area contributed by atoms with Gasteiger partial charge in [0.1, 0.15) is 4.90 Å². The smallest absolute Gasteiger partial charge is 0.244 e. The lowest BCUT2D eigenvalue weighted by molar-refractivity contribution is 0.527. The second-order valence-electron chi connectivity index (χ2n) is 4.68. The summed E-state index contributed by atoms with van der Waals surface area (Å²) in [6.45, 7) is 3.96. The summed E-state index contributed by atoms with van der Waals surface area (Å²) in [5.41, 5.74) is 5.87. The maximum atomic E-state index is 12.2. The molecule has 0 heterocycles. The monoisotopic (exact) mass is 304 g/mol. The van der Waals surface area contributed by atoms with Gasteiger partial charge >= 0.3 is 0 Å². The van der Waals surface area contributed by atoms with Crippen molar-refractivity contribution in [1.82, 2.24) is 4.72 Å². The van der Waals surface area contributed by atoms with Gasteiger partial charge in [-0.1, -0.05) is 43.9 Å². The Hall–Kier alpha value is -0.780. The number of nitrogens with one attached hydrogen (secondary N) is 1. The molecule has 1 atom stereocenters. The molecule has 1 rings (SSSR count). The fourth-order valence-corrected chi connectivity index (χ4v) is 3.85. The molecule has 0 saturated carbocycles. The Bertz CT molecular complexity index is 497. The first-order chi connectivity index (χ1) is 8.88. The summed E-state index contributed by atoms with van der Waals surface area (Å²) in [6, 6.07) is 4.55. The van der Waals surface area contributed by atoms with Crippen molar-refractivity contribution in [3.8, 4) is 0 Å². The number of benzene rings is 1. The standard InChI is InChI=1S/C13H21ClN2O2S/c1-3-4-5-7-10(2)16-19(17,18)13-11(14)8-6-9-12(13)15/h6,8-10,16H,3-5,7,15H2,1-2H3. The summed E-state index contributed by atoms with van der Waals surface area (Å²) >= 11 is 5.93. The molecule has 0 radical (unpaired) electrons. The van der Waals surface area contributed by atoms with E-state index in [0.717, 1.165) is 25.7 Å². The Morgan fingerprint density at radius 3 is 2.63 bits per heavy atom. The molecule has 0 aliphatic carbocycles. The van der Waals surface area contributed by atoms with Gasteiger partial charge in [0.15, 0.2) is 0 Å². The molecule has 0 aromatic heterocycles. The van der Waals surface area contributed by atoms with Crippen molar-refractivity contribution in [3.05, 3.63) is 23.2 Å². The minimum absolute atomic E-state index is 0.0287. The second kappa shape index (κ2) is 7.12. The number of rotatable bonds is 7. The van der Waals surface area contributed by atoms with Crippen molar-refractivity contribution in [2.45, 2.75) is 50.5 Å². The molecule has 108 valence electrons. The van der Waals surface area contributed by atoms with Crippen LogP contribution in [0.1, 0.15) is 39.5 Å². The van der Waals surface area contributed by atoms with Gasteiger partial charge < -0.3 is 5.73 Å². The van der Waals surface area contributed by atoms with Gasteiger partial charge in [0, 0.05) is 6.04 Å². The topological polar surface area (TPSA) is 72.2 Å². The normalized spacial score (nSPS) is 13.4. The maximum absolute atomic E-state index is 12.2. The zero-order valence-electron chi connectivity index (χ0n) is 11.3. The van der Waals surface area contributed by atoms with Crippen LogP contribution in [0, 0.1) is 0 Å². The predicted molar refractivity (Wildman–Crippen MR) is 79.8 cm³/mol. The Labute approximate surface area is 120 Å². The minimum atomic E-state index is -3.66. The SMILES string of the molecule is CCCCCC(C)NS(=O)(=O)c1c(N)cccc1Cl. The van der Waals surface area contributed by atoms with Gasteiger partial charge in [-0.25, -0.2) is 13.1 Å². The van der Waals surface area contributed by atoms with Crippen LogP contribution in [0.25, 0.3) is 0 Å². The number of unbranched alkanes of at least 4 members (excludes halogenated alkanes) is 2. The summed E-state index contributed by atoms with van der Waals surface area (Å²) in [6.07, 6.45) is 4.01. The van der Waals surface area contributed by atoms with E-state index in [0.29, 0.717) is 0 Å². The highest BCUT2D eigenvalue weighted by atomic mass is 35.5. The number of anilines is 1. The molecule has 4 nitrogen and oxygen atoms in total. The van der Waals surface area contributed by atoms with Crippen LogP contribution in [0.5, 0.6) is 0 Å². The van der Waals surface area contributed by atoms with Gasteiger partial charge in [-0.2, -0.15) is 0 Å². The lowest BCUT2D eigenvalue weighted by atomic mass is 10.1. The molecule has 19 heavy (non-hydrogen) atoms. The van der Waals surface area contributed by atoms with Gasteiger partial charge in [0.05, 0.1) is 10.7 Å². The highest BCUT2D eigenvalue weighted by Crippen LogP contribution is 2.27. The van der Waals surface area contributed by atoms with Crippen molar-refractivity contribution in [2.24, 2.45) is 0 Å². The van der Waals surface area contributed by atoms with Crippen LogP contribution in [0.2, 0.25) is 5.02 Å². The summed E-state index contributed by atoms with van der Waals surface area (Å²) < 4.78 is 27.1. The minimum Gasteiger partial charge on any atom is -0.398 e. The van der Waals surface area contributed by atoms with Crippen LogP contribution in [0.4, 0.5) is 5.69 Å². The zero-order chi connectivity index (χ0) is 14.5. The number of hydrogen-bond donors (Lipinski definition) is 2. The molecular formula is C13H21ClN2O2S. The number of halogens is 1. The van der Waals surface area contributed by atoms with E-state index in [-0.39, 0.29) is 21.6 Å². The summed E-state index contributed by atoms with van der Waals surface area (Å²) in [7, 11) is -3.66. The molecule has 0 amide bonds. The van der Waals surface area contributed by atoms with Crippen molar-refractivity contribution in [1.29, 1.82) is 0 Å². The number of sulfonamides is 1. The summed E-state index contributed by atoms with van der Waals surface area (Å²) in [4.78, 5) is -0.0287. The van der Waals surface area contributed by atoms with Crippen LogP contribution in [-0.4, -0.2) is 14.5 Å². The van der Waals surface area contributed by atoms with Crippen molar-refractivity contribution in [2.75, 3.05) is 5.73 Å². The first-order valence-corrected chi connectivity index (χ1v) is 8.31. The van der Waals surface area contributed by atoms with E-state index < -0.39 is 10.0 Å². The molecule has 0 aliphatic heterocycles. The zero-order valence-corrected chi connectivity index (χ0v) is 12.9. The van der Waals surface area contributed by atoms with Crippen LogP contribution < -0.4 is 10.5 Å². The lowest BCUT2D eigenvalue weighted by Crippen LogP contribution is -2.33. The largest absolute Gasteiger partial charge is 0.398 e. The van der Waals surface area contributed by atoms with Crippen LogP contribution in [0.15, 0.2) is 23.1 Å². The molecule has 1 aromatic rings. The highest BCUT2D eigenvalue weighted by molar-refractivity contribution is 7.89. The van der Waals surface area contributed by atoms with Crippen LogP contribution in [-0.2, 0) is 10.0 Å². The van der Waals surface area contributed by atoms with Gasteiger partial charge in [-0.3, -0.25) is 0 Å². The van der Waals surface area contributed by atoms with E-state index in [2.05, 4.69) is 11.6 Å². The van der Waals surface area contributed by atoms with Gasteiger partial charge in [0.25, 0.3) is 0 Å². The number of nitrogens with two attached hydrogens (primary N) is 1. The maximum Gasteiger partial charge on any atom is 0.244 e. The lowest BCUT2D eigenvalue weighted by Gasteiger charge is -2.16. The second-order valence-corrected chi connectivity index (χ2v) is 6.73. The van der Waals surface area contributed by atoms with Gasteiger partial charge in [0.2, 0.25) is 10.0 Å². The summed E-state index contributed by atoms with van der Waals surface area (Å²) in [5, 5.41) is 0.147. The van der Waals surface area contributed by atoms with E-state index in [4.69, 9.17) is 17.3 Å². The van der Waals surface area contributed by atoms with Gasteiger partial charge in [-0.15, -0.1) is 0 Å². The van der Waals surface area contributed by atoms with E-state index in [1.807, 2.05) is 6.92 Å². The Morgan fingerprint density at radius 2 is 2.05 bits per heavy atom. The van der Waals surface area contributed by atoms with Gasteiger partial charge in [-0.05, 0) is 25.5 Å². The average Bonchev–Trinajstić information content (AvgIpc) is 2.27. The Balaban J connectivity index is 2.81. The third-order valence-corrected chi connectivity index (χ3v) is 5.00. The van der Waals surface area contributed by atoms with E-state index in [1.165, 1.54) is 12.1 Å². The predicted octanol–water partition coefficient (Wildman–Crippen LogP) is 3.17. The molecule has 0 spiro atoms. The third kappa shape index (κ3) is 4.67. The van der Waals surface area contributed by atoms with Crippen molar-refractivity contribution < 1.29 is 8.42 Å². The van der Waals surface area contributed by atoms with E-state index >= 15 is 0 Å². The summed E-state index contributed by atoms with van der Waals surface area (Å²) in [5.74, 6) is 0. The Morgan fingerprint density at radius 1 is 1.37 bits per heavy atom. The van der Waals surface area contributed by atoms with Crippen LogP contribution in [0.3, 0.4) is 0 Å². The molecule has 1 unspecified atom stereocenters. The fraction of sp³-hybridized carbons (Fsp3) is 0.538. The molecule has 0 saturated heterocycles. The first-order valence-electron chi connectivity index (χ1n) is 6.44. The molecule has 0 fully saturated rings. The first kappa shape index (κ1) is 16.3. The molecule has 3 N–H and O–H groups in total. The molecule has 1 aromatic carbocycles. The quantitative estimate of drug-likeness (QED) is 0.600. The fourth-order valence-electron chi connectivity index (χ4n) is 1.89. The number of hydrogen-bond acceptors (Lipinski definition) is 3.